The number of aryl methyl sites for hydroxylation is 1. The maximum Gasteiger partial charge on any atom is 0.355 e. The summed E-state index contributed by atoms with van der Waals surface area (Å²) in [5.41, 5.74) is 4.39. The molecule has 1 aromatic carbocycles. The minimum Gasteiger partial charge on any atom is -0.461 e. The van der Waals surface area contributed by atoms with E-state index in [9.17, 15) is 9.59 Å². The summed E-state index contributed by atoms with van der Waals surface area (Å²) in [5.74, 6) is -0.338. The summed E-state index contributed by atoms with van der Waals surface area (Å²) in [6.45, 7) is 5.78. The number of nitrogens with one attached hydrogen (secondary N) is 2. The molecule has 29 heavy (non-hydrogen) atoms. The smallest absolute Gasteiger partial charge is 0.355 e. The highest BCUT2D eigenvalue weighted by atomic mass is 35.5. The molecule has 2 N–H and O–H groups in total. The first-order chi connectivity index (χ1) is 13.9. The van der Waals surface area contributed by atoms with Gasteiger partial charge in [-0.15, -0.1) is 0 Å². The van der Waals surface area contributed by atoms with Crippen LogP contribution in [0.25, 0.3) is 11.3 Å². The van der Waals surface area contributed by atoms with Crippen molar-refractivity contribution in [3.63, 3.8) is 0 Å². The van der Waals surface area contributed by atoms with Gasteiger partial charge in [0.25, 0.3) is 0 Å². The Morgan fingerprint density at radius 2 is 2.07 bits per heavy atom. The number of halogens is 1. The molecule has 0 unspecified atom stereocenters. The van der Waals surface area contributed by atoms with E-state index in [0.29, 0.717) is 29.4 Å². The molecule has 0 radical (unpaired) electrons. The highest BCUT2D eigenvalue weighted by molar-refractivity contribution is 6.30. The maximum absolute atomic E-state index is 12.3. The number of hydrogen-bond acceptors (Lipinski definition) is 5. The molecule has 0 fully saturated rings. The second-order valence-electron chi connectivity index (χ2n) is 6.58. The first-order valence-electron chi connectivity index (χ1n) is 9.26. The molecular formula is C21H22ClN3O4. The van der Waals surface area contributed by atoms with E-state index in [-0.39, 0.29) is 24.2 Å². The van der Waals surface area contributed by atoms with Gasteiger partial charge in [-0.2, -0.15) is 0 Å². The van der Waals surface area contributed by atoms with Crippen molar-refractivity contribution in [1.29, 1.82) is 0 Å². The van der Waals surface area contributed by atoms with Crippen molar-refractivity contribution in [2.75, 3.05) is 11.9 Å². The van der Waals surface area contributed by atoms with Gasteiger partial charge in [-0.05, 0) is 50.5 Å². The number of aromatic amines is 1. The lowest BCUT2D eigenvalue weighted by Crippen LogP contribution is -2.12. The van der Waals surface area contributed by atoms with E-state index in [1.807, 2.05) is 26.0 Å². The molecule has 0 bridgehead atoms. The van der Waals surface area contributed by atoms with E-state index in [2.05, 4.69) is 15.5 Å². The average Bonchev–Trinajstić information content (AvgIpc) is 3.25. The predicted octanol–water partition coefficient (Wildman–Crippen LogP) is 4.69. The monoisotopic (exact) mass is 415 g/mol. The number of aromatic nitrogens is 2. The van der Waals surface area contributed by atoms with Crippen molar-refractivity contribution in [1.82, 2.24) is 10.1 Å². The number of carbonyl (C=O) groups is 2. The fraction of sp³-hybridized carbons (Fsp3) is 0.286. The van der Waals surface area contributed by atoms with E-state index in [1.165, 1.54) is 0 Å². The van der Waals surface area contributed by atoms with Crippen LogP contribution < -0.4 is 5.32 Å². The standard InChI is InChI=1S/C21H22ClN3O4/c1-4-28-21(27)20-12(2)16(13(3)23-20)8-9-18(26)24-19-11-17(25-29-19)14-6-5-7-15(22)10-14/h5-7,10-11,23H,4,8-9H2,1-3H3,(H,24,26). The van der Waals surface area contributed by atoms with Crippen LogP contribution in [0.5, 0.6) is 0 Å². The third-order valence-electron chi connectivity index (χ3n) is 4.57. The summed E-state index contributed by atoms with van der Waals surface area (Å²) < 4.78 is 10.2. The lowest BCUT2D eigenvalue weighted by molar-refractivity contribution is -0.116. The number of esters is 1. The van der Waals surface area contributed by atoms with Crippen molar-refractivity contribution < 1.29 is 18.8 Å². The third-order valence-corrected chi connectivity index (χ3v) is 4.80. The first kappa shape index (κ1) is 20.7. The van der Waals surface area contributed by atoms with Gasteiger partial charge in [0.1, 0.15) is 11.4 Å². The van der Waals surface area contributed by atoms with Gasteiger partial charge in [0.15, 0.2) is 0 Å². The molecular weight excluding hydrogens is 394 g/mol. The Kier molecular flexibility index (Phi) is 6.39. The molecule has 0 saturated heterocycles. The zero-order chi connectivity index (χ0) is 21.0. The minimum atomic E-state index is -0.390. The maximum atomic E-state index is 12.3. The lowest BCUT2D eigenvalue weighted by Gasteiger charge is -2.04. The van der Waals surface area contributed by atoms with Crippen molar-refractivity contribution in [2.45, 2.75) is 33.6 Å². The number of ether oxygens (including phenoxy) is 1. The van der Waals surface area contributed by atoms with Gasteiger partial charge in [-0.25, -0.2) is 4.79 Å². The van der Waals surface area contributed by atoms with E-state index in [4.69, 9.17) is 20.9 Å². The second kappa shape index (κ2) is 8.96. The van der Waals surface area contributed by atoms with Gasteiger partial charge in [0, 0.05) is 28.8 Å². The summed E-state index contributed by atoms with van der Waals surface area (Å²) in [6.07, 6.45) is 0.712. The Hall–Kier alpha value is -3.06. The fourth-order valence-corrected chi connectivity index (χ4v) is 3.32. The van der Waals surface area contributed by atoms with Gasteiger partial charge in [0.2, 0.25) is 11.8 Å². The van der Waals surface area contributed by atoms with Gasteiger partial charge in [-0.1, -0.05) is 28.9 Å². The lowest BCUT2D eigenvalue weighted by atomic mass is 10.0. The Labute approximate surface area is 173 Å². The van der Waals surface area contributed by atoms with E-state index in [1.54, 1.807) is 25.1 Å². The Morgan fingerprint density at radius 3 is 2.79 bits per heavy atom. The Bertz CT molecular complexity index is 1040. The largest absolute Gasteiger partial charge is 0.461 e. The zero-order valence-electron chi connectivity index (χ0n) is 16.5. The number of rotatable bonds is 7. The van der Waals surface area contributed by atoms with Crippen molar-refractivity contribution in [3.05, 3.63) is 57.9 Å². The molecule has 0 aliphatic heterocycles. The minimum absolute atomic E-state index is 0.212. The highest BCUT2D eigenvalue weighted by Crippen LogP contribution is 2.25. The van der Waals surface area contributed by atoms with Crippen LogP contribution in [-0.2, 0) is 16.0 Å². The van der Waals surface area contributed by atoms with Crippen LogP contribution in [0.4, 0.5) is 5.88 Å². The van der Waals surface area contributed by atoms with Gasteiger partial charge < -0.3 is 14.2 Å². The van der Waals surface area contributed by atoms with Crippen LogP contribution >= 0.6 is 11.6 Å². The first-order valence-corrected chi connectivity index (χ1v) is 9.64. The summed E-state index contributed by atoms with van der Waals surface area (Å²) in [6, 6.07) is 8.86. The summed E-state index contributed by atoms with van der Waals surface area (Å²) >= 11 is 5.99. The Morgan fingerprint density at radius 1 is 1.28 bits per heavy atom. The van der Waals surface area contributed by atoms with Gasteiger partial charge in [-0.3, -0.25) is 10.1 Å². The van der Waals surface area contributed by atoms with Crippen LogP contribution in [-0.4, -0.2) is 28.6 Å². The van der Waals surface area contributed by atoms with Crippen molar-refractivity contribution in [2.24, 2.45) is 0 Å². The van der Waals surface area contributed by atoms with Crippen LogP contribution in [0.15, 0.2) is 34.9 Å². The summed E-state index contributed by atoms with van der Waals surface area (Å²) in [4.78, 5) is 27.4. The summed E-state index contributed by atoms with van der Waals surface area (Å²) in [5, 5.41) is 7.26. The molecule has 3 aromatic rings. The van der Waals surface area contributed by atoms with Crippen LogP contribution in [0.1, 0.15) is 40.7 Å². The van der Waals surface area contributed by atoms with E-state index >= 15 is 0 Å². The molecule has 7 nitrogen and oxygen atoms in total. The number of benzene rings is 1. The van der Waals surface area contributed by atoms with E-state index in [0.717, 1.165) is 22.4 Å². The number of carbonyl (C=O) groups excluding carboxylic acids is 2. The van der Waals surface area contributed by atoms with Crippen molar-refractivity contribution >= 4 is 29.4 Å². The zero-order valence-corrected chi connectivity index (χ0v) is 17.2. The average molecular weight is 416 g/mol. The SMILES string of the molecule is CCOC(=O)c1[nH]c(C)c(CCC(=O)Nc2cc(-c3cccc(Cl)c3)no2)c1C. The number of H-pyrrole nitrogens is 1. The number of anilines is 1. The van der Waals surface area contributed by atoms with Crippen LogP contribution in [0, 0.1) is 13.8 Å². The molecule has 0 aliphatic carbocycles. The molecule has 0 aliphatic rings. The molecule has 0 saturated carbocycles. The van der Waals surface area contributed by atoms with Crippen LogP contribution in [0.2, 0.25) is 5.02 Å². The summed E-state index contributed by atoms with van der Waals surface area (Å²) in [7, 11) is 0. The molecule has 2 aromatic heterocycles. The molecule has 3 rings (SSSR count). The molecule has 8 heteroatoms. The predicted molar refractivity (Wildman–Crippen MR) is 110 cm³/mol. The molecule has 152 valence electrons. The van der Waals surface area contributed by atoms with E-state index < -0.39 is 0 Å². The number of nitrogens with zero attached hydrogens (tertiary/aromatic N) is 1. The number of amides is 1. The molecule has 1 amide bonds. The molecule has 0 spiro atoms. The van der Waals surface area contributed by atoms with Crippen LogP contribution in [0.3, 0.4) is 0 Å². The van der Waals surface area contributed by atoms with Gasteiger partial charge >= 0.3 is 5.97 Å². The second-order valence-corrected chi connectivity index (χ2v) is 7.02. The van der Waals surface area contributed by atoms with Crippen molar-refractivity contribution in [3.8, 4) is 11.3 Å². The Balaban J connectivity index is 1.62. The normalized spacial score (nSPS) is 10.8. The third kappa shape index (κ3) is 4.86. The topological polar surface area (TPSA) is 97.2 Å². The fourth-order valence-electron chi connectivity index (χ4n) is 3.13. The molecule has 2 heterocycles. The molecule has 0 atom stereocenters. The quantitative estimate of drug-likeness (QED) is 0.545. The van der Waals surface area contributed by atoms with Gasteiger partial charge in [0.05, 0.1) is 6.61 Å². The number of hydrogen-bond donors (Lipinski definition) is 2. The highest BCUT2D eigenvalue weighted by Gasteiger charge is 2.19.